The van der Waals surface area contributed by atoms with E-state index in [0.29, 0.717) is 48.6 Å². The summed E-state index contributed by atoms with van der Waals surface area (Å²) in [6, 6.07) is 5.40. The van der Waals surface area contributed by atoms with Gasteiger partial charge in [-0.15, -0.1) is 0 Å². The second-order valence-electron chi connectivity index (χ2n) is 8.44. The minimum atomic E-state index is -3.06. The highest BCUT2D eigenvalue weighted by atomic mass is 127. The van der Waals surface area contributed by atoms with E-state index in [0.717, 1.165) is 20.4 Å². The highest BCUT2D eigenvalue weighted by Gasteiger charge is 2.39. The van der Waals surface area contributed by atoms with Crippen molar-refractivity contribution in [3.8, 4) is 5.88 Å². The zero-order chi connectivity index (χ0) is 23.9. The Bertz CT molecular complexity index is 1290. The number of ketones is 2. The first-order chi connectivity index (χ1) is 15.6. The summed E-state index contributed by atoms with van der Waals surface area (Å²) in [6.45, 7) is 0.830. The van der Waals surface area contributed by atoms with Crippen LogP contribution in [0, 0.1) is 9.49 Å². The highest BCUT2D eigenvalue weighted by Crippen LogP contribution is 2.39. The molecule has 0 radical (unpaired) electrons. The molecule has 2 aromatic rings. The van der Waals surface area contributed by atoms with Crippen molar-refractivity contribution in [2.45, 2.75) is 12.8 Å². The summed E-state index contributed by atoms with van der Waals surface area (Å²) in [5, 5.41) is 0. The van der Waals surface area contributed by atoms with E-state index in [4.69, 9.17) is 9.73 Å². The Kier molecular flexibility index (Phi) is 6.70. The molecule has 0 saturated carbocycles. The molecule has 1 aliphatic carbocycles. The molecule has 33 heavy (non-hydrogen) atoms. The predicted octanol–water partition coefficient (Wildman–Crippen LogP) is 2.73. The van der Waals surface area contributed by atoms with Crippen molar-refractivity contribution in [3.05, 3.63) is 50.2 Å². The van der Waals surface area contributed by atoms with E-state index in [2.05, 4.69) is 27.6 Å². The molecule has 0 spiro atoms. The summed E-state index contributed by atoms with van der Waals surface area (Å²) in [4.78, 5) is 36.9. The van der Waals surface area contributed by atoms with E-state index in [1.54, 1.807) is 32.5 Å². The lowest BCUT2D eigenvalue weighted by Gasteiger charge is -2.17. The summed E-state index contributed by atoms with van der Waals surface area (Å²) in [7, 11) is 0.298. The monoisotopic (exact) mass is 581 g/mol. The lowest BCUT2D eigenvalue weighted by molar-refractivity contribution is 0.0823. The van der Waals surface area contributed by atoms with E-state index >= 15 is 0 Å². The zero-order valence-corrected chi connectivity index (χ0v) is 21.6. The van der Waals surface area contributed by atoms with Gasteiger partial charge in [0.05, 0.1) is 35.7 Å². The average Bonchev–Trinajstić information content (AvgIpc) is 3.27. The molecular weight excluding hydrogens is 557 g/mol. The highest BCUT2D eigenvalue weighted by molar-refractivity contribution is 14.1. The molecule has 4 rings (SSSR count). The van der Waals surface area contributed by atoms with Crippen LogP contribution in [0.25, 0.3) is 0 Å². The molecular formula is C23H24IN3O5S. The van der Waals surface area contributed by atoms with Crippen LogP contribution in [0.1, 0.15) is 38.3 Å². The Hall–Kier alpha value is -2.18. The van der Waals surface area contributed by atoms with E-state index in [-0.39, 0.29) is 17.3 Å². The second kappa shape index (κ2) is 9.22. The maximum Gasteiger partial charge on any atom is 0.223 e. The standard InChI is InChI=1S/C23H24IN3O5S/c1-27(8-9-33(3,30)31)7-5-14-21(28)15-10-13-11-19(26-18(13)12-16(15)22(14)29)20-17(24)4-6-25-23(20)32-2/h4,6,10,12,14H,5,7-9,11H2,1-3H3. The molecule has 174 valence electrons. The zero-order valence-electron chi connectivity index (χ0n) is 18.6. The fourth-order valence-electron chi connectivity index (χ4n) is 4.17. The van der Waals surface area contributed by atoms with Crippen LogP contribution in [-0.2, 0) is 16.3 Å². The first-order valence-electron chi connectivity index (χ1n) is 10.5. The molecule has 2 aliphatic rings. The molecule has 10 heteroatoms. The lowest BCUT2D eigenvalue weighted by atomic mass is 9.99. The van der Waals surface area contributed by atoms with Crippen LogP contribution >= 0.6 is 22.6 Å². The van der Waals surface area contributed by atoms with Crippen LogP contribution in [0.3, 0.4) is 0 Å². The van der Waals surface area contributed by atoms with E-state index in [9.17, 15) is 18.0 Å². The molecule has 0 amide bonds. The fraction of sp³-hybridized carbons (Fsp3) is 0.391. The molecule has 8 nitrogen and oxygen atoms in total. The first-order valence-corrected chi connectivity index (χ1v) is 13.6. The number of benzene rings is 1. The largest absolute Gasteiger partial charge is 0.480 e. The van der Waals surface area contributed by atoms with Gasteiger partial charge in [-0.1, -0.05) is 0 Å². The van der Waals surface area contributed by atoms with Crippen molar-refractivity contribution in [3.63, 3.8) is 0 Å². The van der Waals surface area contributed by atoms with Gasteiger partial charge >= 0.3 is 0 Å². The normalized spacial score (nSPS) is 17.4. The predicted molar refractivity (Wildman–Crippen MR) is 134 cm³/mol. The number of halogens is 1. The molecule has 1 atom stereocenters. The van der Waals surface area contributed by atoms with Crippen LogP contribution in [0.4, 0.5) is 5.69 Å². The third-order valence-electron chi connectivity index (χ3n) is 5.99. The van der Waals surface area contributed by atoms with E-state index in [1.807, 2.05) is 11.0 Å². The second-order valence-corrected chi connectivity index (χ2v) is 11.9. The summed E-state index contributed by atoms with van der Waals surface area (Å²) >= 11 is 2.22. The van der Waals surface area contributed by atoms with E-state index in [1.165, 1.54) is 6.26 Å². The van der Waals surface area contributed by atoms with Gasteiger partial charge in [-0.3, -0.25) is 14.6 Å². The van der Waals surface area contributed by atoms with Gasteiger partial charge in [-0.25, -0.2) is 13.4 Å². The molecule has 1 aliphatic heterocycles. The van der Waals surface area contributed by atoms with Gasteiger partial charge < -0.3 is 9.64 Å². The number of rotatable bonds is 8. The van der Waals surface area contributed by atoms with Crippen LogP contribution in [-0.4, -0.2) is 74.8 Å². The third-order valence-corrected chi connectivity index (χ3v) is 7.81. The molecule has 1 aromatic heterocycles. The Morgan fingerprint density at radius 1 is 1.18 bits per heavy atom. The Labute approximate surface area is 206 Å². The van der Waals surface area contributed by atoms with E-state index < -0.39 is 15.8 Å². The Morgan fingerprint density at radius 3 is 2.55 bits per heavy atom. The number of sulfone groups is 1. The molecule has 1 aromatic carbocycles. The molecule has 1 unspecified atom stereocenters. The van der Waals surface area contributed by atoms with Gasteiger partial charge in [0.1, 0.15) is 9.84 Å². The molecule has 0 fully saturated rings. The van der Waals surface area contributed by atoms with Crippen molar-refractivity contribution >= 4 is 55.4 Å². The van der Waals surface area contributed by atoms with Crippen molar-refractivity contribution < 1.29 is 22.7 Å². The van der Waals surface area contributed by atoms with Gasteiger partial charge in [0.15, 0.2) is 11.6 Å². The lowest BCUT2D eigenvalue weighted by Crippen LogP contribution is -2.29. The molecule has 2 heterocycles. The molecule has 0 bridgehead atoms. The molecule has 0 N–H and O–H groups in total. The minimum absolute atomic E-state index is 0.0456. The maximum atomic E-state index is 13.0. The fourth-order valence-corrected chi connectivity index (χ4v) is 5.52. The summed E-state index contributed by atoms with van der Waals surface area (Å²) in [6.07, 6.45) is 3.76. The topological polar surface area (TPSA) is 106 Å². The summed E-state index contributed by atoms with van der Waals surface area (Å²) < 4.78 is 29.1. The maximum absolute atomic E-state index is 13.0. The van der Waals surface area contributed by atoms with Crippen LogP contribution in [0.15, 0.2) is 29.4 Å². The van der Waals surface area contributed by atoms with Crippen LogP contribution in [0.2, 0.25) is 0 Å². The van der Waals surface area contributed by atoms with Gasteiger partial charge in [-0.05, 0) is 66.4 Å². The van der Waals surface area contributed by atoms with Crippen molar-refractivity contribution in [1.82, 2.24) is 9.88 Å². The number of methoxy groups -OCH3 is 1. The number of hydrogen-bond donors (Lipinski definition) is 0. The summed E-state index contributed by atoms with van der Waals surface area (Å²) in [5.74, 6) is -0.550. The molecule has 0 saturated heterocycles. The third kappa shape index (κ3) is 4.87. The Balaban J connectivity index is 1.53. The van der Waals surface area contributed by atoms with Crippen LogP contribution in [0.5, 0.6) is 5.88 Å². The Morgan fingerprint density at radius 2 is 1.88 bits per heavy atom. The number of hydrogen-bond acceptors (Lipinski definition) is 8. The SMILES string of the molecule is COc1nccc(I)c1C1=Nc2cc3c(cc2C1)C(=O)C(CCN(C)CCS(C)(=O)=O)C3=O. The van der Waals surface area contributed by atoms with Gasteiger partial charge in [0.25, 0.3) is 0 Å². The number of ether oxygens (including phenoxy) is 1. The quantitative estimate of drug-likeness (QED) is 0.349. The first kappa shape index (κ1) is 24.0. The summed E-state index contributed by atoms with van der Waals surface area (Å²) in [5.41, 5.74) is 4.08. The van der Waals surface area contributed by atoms with Gasteiger partial charge in [-0.2, -0.15) is 0 Å². The number of pyridine rings is 1. The number of aliphatic imine (C=N–C) groups is 1. The number of nitrogens with zero attached hydrogens (tertiary/aromatic N) is 3. The van der Waals surface area contributed by atoms with Crippen LogP contribution < -0.4 is 4.74 Å². The van der Waals surface area contributed by atoms with Crippen molar-refractivity contribution in [2.75, 3.05) is 39.3 Å². The van der Waals surface area contributed by atoms with Gasteiger partial charge in [0, 0.05) is 40.1 Å². The van der Waals surface area contributed by atoms with Crippen molar-refractivity contribution in [1.29, 1.82) is 0 Å². The number of Topliss-reactive ketones (excluding diaryl/α,β-unsaturated/α-hetero) is 2. The van der Waals surface area contributed by atoms with Crippen molar-refractivity contribution in [2.24, 2.45) is 10.9 Å². The number of aromatic nitrogens is 1. The number of carbonyl (C=O) groups is 2. The van der Waals surface area contributed by atoms with Gasteiger partial charge in [0.2, 0.25) is 5.88 Å². The smallest absolute Gasteiger partial charge is 0.223 e. The minimum Gasteiger partial charge on any atom is -0.480 e. The number of fused-ring (bicyclic) bond motifs is 2. The average molecular weight is 581 g/mol. The number of carbonyl (C=O) groups excluding carboxylic acids is 2.